The van der Waals surface area contributed by atoms with Crippen molar-refractivity contribution < 1.29 is 4.79 Å². The molecule has 0 aliphatic rings. The zero-order valence-electron chi connectivity index (χ0n) is 15.8. The molecule has 28 heavy (non-hydrogen) atoms. The molecule has 3 rings (SSSR count). The summed E-state index contributed by atoms with van der Waals surface area (Å²) in [5, 5.41) is 2.76. The summed E-state index contributed by atoms with van der Waals surface area (Å²) in [7, 11) is 3.39. The number of carbonyl (C=O) groups excluding carboxylic acids is 1. The molecule has 0 aliphatic heterocycles. The van der Waals surface area contributed by atoms with Gasteiger partial charge in [0.25, 0.3) is 5.56 Å². The van der Waals surface area contributed by atoms with Crippen LogP contribution in [0, 0.1) is 0 Å². The number of nitrogens with one attached hydrogen (secondary N) is 1. The summed E-state index contributed by atoms with van der Waals surface area (Å²) in [6.45, 7) is 0.616. The Morgan fingerprint density at radius 3 is 2.36 bits per heavy atom. The molecular formula is C21H22N4O3. The molecular weight excluding hydrogens is 356 g/mol. The van der Waals surface area contributed by atoms with E-state index in [1.165, 1.54) is 29.4 Å². The maximum Gasteiger partial charge on any atom is 0.331 e. The molecule has 0 atom stereocenters. The van der Waals surface area contributed by atoms with Crippen LogP contribution in [0.2, 0.25) is 0 Å². The predicted molar refractivity (Wildman–Crippen MR) is 110 cm³/mol. The fourth-order valence-corrected chi connectivity index (χ4v) is 2.84. The van der Waals surface area contributed by atoms with E-state index in [9.17, 15) is 14.4 Å². The summed E-state index contributed by atoms with van der Waals surface area (Å²) in [6.07, 6.45) is 1.33. The van der Waals surface area contributed by atoms with Gasteiger partial charge in [-0.15, -0.1) is 0 Å². The number of hydrogen-bond donors (Lipinski definition) is 1. The largest absolute Gasteiger partial charge is 0.370 e. The van der Waals surface area contributed by atoms with Crippen molar-refractivity contribution in [2.24, 2.45) is 7.05 Å². The molecule has 1 N–H and O–H groups in total. The van der Waals surface area contributed by atoms with Gasteiger partial charge in [0.05, 0.1) is 0 Å². The molecule has 2 aromatic carbocycles. The number of hydrogen-bond acceptors (Lipinski definition) is 4. The summed E-state index contributed by atoms with van der Waals surface area (Å²) < 4.78 is 2.16. The Hall–Kier alpha value is -3.61. The lowest BCUT2D eigenvalue weighted by Crippen LogP contribution is -2.38. The maximum absolute atomic E-state index is 12.2. The standard InChI is InChI=1S/C21H22N4O3/c1-23(14-16-6-4-3-5-7-16)18-10-8-17(9-11-18)22-19(26)15-25-13-12-20(27)24(2)21(25)28/h3-13H,14-15H2,1-2H3,(H,22,26). The number of benzene rings is 2. The van der Waals surface area contributed by atoms with Crippen LogP contribution in [0.3, 0.4) is 0 Å². The summed E-state index contributed by atoms with van der Waals surface area (Å²) in [6, 6.07) is 18.9. The molecule has 3 aromatic rings. The van der Waals surface area contributed by atoms with Gasteiger partial charge in [-0.25, -0.2) is 4.79 Å². The second-order valence-electron chi connectivity index (χ2n) is 6.56. The number of carbonyl (C=O) groups is 1. The molecule has 0 unspecified atom stereocenters. The van der Waals surface area contributed by atoms with Gasteiger partial charge >= 0.3 is 5.69 Å². The average molecular weight is 378 g/mol. The maximum atomic E-state index is 12.2. The van der Waals surface area contributed by atoms with Crippen molar-refractivity contribution in [3.63, 3.8) is 0 Å². The molecule has 0 spiro atoms. The Morgan fingerprint density at radius 1 is 1.00 bits per heavy atom. The first-order valence-electron chi connectivity index (χ1n) is 8.85. The number of rotatable bonds is 6. The van der Waals surface area contributed by atoms with E-state index in [0.717, 1.165) is 16.8 Å². The van der Waals surface area contributed by atoms with Crippen molar-refractivity contribution in [2.75, 3.05) is 17.3 Å². The molecule has 0 bridgehead atoms. The third-order valence-corrected chi connectivity index (χ3v) is 4.43. The van der Waals surface area contributed by atoms with E-state index in [1.54, 1.807) is 0 Å². The molecule has 0 saturated carbocycles. The number of anilines is 2. The van der Waals surface area contributed by atoms with E-state index in [1.807, 2.05) is 49.5 Å². The van der Waals surface area contributed by atoms with Gasteiger partial charge in [0, 0.05) is 44.3 Å². The Morgan fingerprint density at radius 2 is 1.68 bits per heavy atom. The van der Waals surface area contributed by atoms with Crippen LogP contribution < -0.4 is 21.5 Å². The highest BCUT2D eigenvalue weighted by Gasteiger charge is 2.08. The number of amides is 1. The second-order valence-corrected chi connectivity index (χ2v) is 6.56. The van der Waals surface area contributed by atoms with Crippen LogP contribution >= 0.6 is 0 Å². The highest BCUT2D eigenvalue weighted by Crippen LogP contribution is 2.18. The fourth-order valence-electron chi connectivity index (χ4n) is 2.84. The molecule has 7 heteroatoms. The molecule has 1 heterocycles. The van der Waals surface area contributed by atoms with Gasteiger partial charge in [-0.05, 0) is 29.8 Å². The molecule has 1 aromatic heterocycles. The normalized spacial score (nSPS) is 10.5. The molecule has 7 nitrogen and oxygen atoms in total. The zero-order valence-corrected chi connectivity index (χ0v) is 15.8. The lowest BCUT2D eigenvalue weighted by molar-refractivity contribution is -0.116. The molecule has 0 saturated heterocycles. The summed E-state index contributed by atoms with van der Waals surface area (Å²) in [5.74, 6) is -0.342. The Bertz CT molecular complexity index is 1070. The minimum Gasteiger partial charge on any atom is -0.370 e. The van der Waals surface area contributed by atoms with Crippen LogP contribution in [0.15, 0.2) is 76.4 Å². The van der Waals surface area contributed by atoms with Crippen molar-refractivity contribution in [1.82, 2.24) is 9.13 Å². The lowest BCUT2D eigenvalue weighted by atomic mass is 10.2. The van der Waals surface area contributed by atoms with Crippen molar-refractivity contribution in [3.05, 3.63) is 93.3 Å². The van der Waals surface area contributed by atoms with Gasteiger partial charge in [-0.3, -0.25) is 18.7 Å². The van der Waals surface area contributed by atoms with Crippen LogP contribution in [-0.2, 0) is 24.9 Å². The van der Waals surface area contributed by atoms with E-state index in [-0.39, 0.29) is 12.5 Å². The predicted octanol–water partition coefficient (Wildman–Crippen LogP) is 1.82. The summed E-state index contributed by atoms with van der Waals surface area (Å²) >= 11 is 0. The van der Waals surface area contributed by atoms with Crippen molar-refractivity contribution in [3.8, 4) is 0 Å². The highest BCUT2D eigenvalue weighted by molar-refractivity contribution is 5.90. The Balaban J connectivity index is 1.62. The summed E-state index contributed by atoms with van der Waals surface area (Å²) in [4.78, 5) is 37.7. The van der Waals surface area contributed by atoms with Crippen LogP contribution in [0.5, 0.6) is 0 Å². The zero-order chi connectivity index (χ0) is 20.1. The van der Waals surface area contributed by atoms with E-state index in [0.29, 0.717) is 5.69 Å². The number of nitrogens with zero attached hydrogens (tertiary/aromatic N) is 3. The fraction of sp³-hybridized carbons (Fsp3) is 0.190. The molecule has 0 radical (unpaired) electrons. The first-order valence-corrected chi connectivity index (χ1v) is 8.85. The topological polar surface area (TPSA) is 76.3 Å². The third kappa shape index (κ3) is 4.56. The van der Waals surface area contributed by atoms with Crippen molar-refractivity contribution in [1.29, 1.82) is 0 Å². The molecule has 1 amide bonds. The monoisotopic (exact) mass is 378 g/mol. The Kier molecular flexibility index (Phi) is 5.74. The van der Waals surface area contributed by atoms with Gasteiger partial charge in [0.2, 0.25) is 5.91 Å². The Labute approximate surface area is 162 Å². The minimum atomic E-state index is -0.527. The van der Waals surface area contributed by atoms with Crippen molar-refractivity contribution in [2.45, 2.75) is 13.1 Å². The quantitative estimate of drug-likeness (QED) is 0.710. The van der Waals surface area contributed by atoms with Gasteiger partial charge in [-0.2, -0.15) is 0 Å². The van der Waals surface area contributed by atoms with Crippen molar-refractivity contribution >= 4 is 17.3 Å². The van der Waals surface area contributed by atoms with E-state index in [2.05, 4.69) is 22.3 Å². The highest BCUT2D eigenvalue weighted by atomic mass is 16.2. The molecule has 144 valence electrons. The molecule has 0 fully saturated rings. The minimum absolute atomic E-state index is 0.164. The van der Waals surface area contributed by atoms with Crippen LogP contribution in [0.25, 0.3) is 0 Å². The van der Waals surface area contributed by atoms with Gasteiger partial charge in [0.15, 0.2) is 0 Å². The lowest BCUT2D eigenvalue weighted by Gasteiger charge is -2.20. The average Bonchev–Trinajstić information content (AvgIpc) is 2.70. The van der Waals surface area contributed by atoms with E-state index < -0.39 is 11.2 Å². The second kappa shape index (κ2) is 8.39. The van der Waals surface area contributed by atoms with Crippen LogP contribution in [0.4, 0.5) is 11.4 Å². The van der Waals surface area contributed by atoms with Crippen LogP contribution in [0.1, 0.15) is 5.56 Å². The molecule has 0 aliphatic carbocycles. The van der Waals surface area contributed by atoms with E-state index in [4.69, 9.17) is 0 Å². The number of aromatic nitrogens is 2. The van der Waals surface area contributed by atoms with Gasteiger partial charge < -0.3 is 10.2 Å². The third-order valence-electron chi connectivity index (χ3n) is 4.43. The summed E-state index contributed by atoms with van der Waals surface area (Å²) in [5.41, 5.74) is 1.94. The first-order chi connectivity index (χ1) is 13.4. The van der Waals surface area contributed by atoms with Gasteiger partial charge in [0.1, 0.15) is 6.54 Å². The van der Waals surface area contributed by atoms with Gasteiger partial charge in [-0.1, -0.05) is 30.3 Å². The first kappa shape index (κ1) is 19.2. The van der Waals surface area contributed by atoms with Crippen LogP contribution in [-0.4, -0.2) is 22.1 Å². The SMILES string of the molecule is CN(Cc1ccccc1)c1ccc(NC(=O)Cn2ccc(=O)n(C)c2=O)cc1. The van der Waals surface area contributed by atoms with E-state index >= 15 is 0 Å². The smallest absolute Gasteiger partial charge is 0.331 e.